The minimum absolute atomic E-state index is 0.0106. The van der Waals surface area contributed by atoms with E-state index in [2.05, 4.69) is 41.2 Å². The highest BCUT2D eigenvalue weighted by Gasteiger charge is 2.17. The SMILES string of the molecule is Nc1nc(CNC(=O)Cc2ncccc2F)c(Br)c(-c2ncco2)n1. The van der Waals surface area contributed by atoms with Crippen molar-refractivity contribution in [3.63, 3.8) is 0 Å². The summed E-state index contributed by atoms with van der Waals surface area (Å²) in [6.45, 7) is 0.0638. The van der Waals surface area contributed by atoms with Crippen molar-refractivity contribution in [3.05, 3.63) is 52.5 Å². The molecule has 0 saturated carbocycles. The van der Waals surface area contributed by atoms with Crippen LogP contribution in [-0.4, -0.2) is 25.8 Å². The Bertz CT molecular complexity index is 903. The minimum atomic E-state index is -0.531. The molecule has 3 rings (SSSR count). The maximum Gasteiger partial charge on any atom is 0.246 e. The molecule has 0 unspecified atom stereocenters. The molecule has 0 spiro atoms. The van der Waals surface area contributed by atoms with Gasteiger partial charge in [0.2, 0.25) is 17.7 Å². The van der Waals surface area contributed by atoms with E-state index >= 15 is 0 Å². The number of pyridine rings is 1. The normalized spacial score (nSPS) is 10.6. The fourth-order valence-electron chi connectivity index (χ4n) is 2.06. The smallest absolute Gasteiger partial charge is 0.246 e. The van der Waals surface area contributed by atoms with Crippen molar-refractivity contribution in [2.45, 2.75) is 13.0 Å². The van der Waals surface area contributed by atoms with Crippen LogP contribution in [0.2, 0.25) is 0 Å². The van der Waals surface area contributed by atoms with Gasteiger partial charge in [0.15, 0.2) is 0 Å². The molecule has 10 heteroatoms. The predicted molar refractivity (Wildman–Crippen MR) is 89.4 cm³/mol. The molecule has 0 saturated heterocycles. The van der Waals surface area contributed by atoms with Crippen LogP contribution in [0.15, 0.2) is 39.7 Å². The van der Waals surface area contributed by atoms with Gasteiger partial charge in [-0.05, 0) is 28.1 Å². The maximum absolute atomic E-state index is 13.5. The molecule has 0 bridgehead atoms. The van der Waals surface area contributed by atoms with Gasteiger partial charge < -0.3 is 15.5 Å². The first-order chi connectivity index (χ1) is 12.0. The van der Waals surface area contributed by atoms with Crippen LogP contribution in [0.4, 0.5) is 10.3 Å². The second-order valence-electron chi connectivity index (χ2n) is 4.91. The van der Waals surface area contributed by atoms with Crippen molar-refractivity contribution >= 4 is 27.8 Å². The zero-order valence-electron chi connectivity index (χ0n) is 12.7. The highest BCUT2D eigenvalue weighted by Crippen LogP contribution is 2.28. The summed E-state index contributed by atoms with van der Waals surface area (Å²) in [4.78, 5) is 28.0. The van der Waals surface area contributed by atoms with E-state index in [1.807, 2.05) is 0 Å². The third-order valence-electron chi connectivity index (χ3n) is 3.19. The van der Waals surface area contributed by atoms with Crippen LogP contribution >= 0.6 is 15.9 Å². The van der Waals surface area contributed by atoms with Gasteiger partial charge >= 0.3 is 0 Å². The number of aromatic nitrogens is 4. The number of nitrogens with two attached hydrogens (primary N) is 1. The first kappa shape index (κ1) is 17.0. The second kappa shape index (κ2) is 7.34. The number of nitrogen functional groups attached to an aromatic ring is 1. The van der Waals surface area contributed by atoms with Crippen molar-refractivity contribution in [2.75, 3.05) is 5.73 Å². The molecule has 0 aromatic carbocycles. The lowest BCUT2D eigenvalue weighted by atomic mass is 10.2. The molecular weight excluding hydrogens is 395 g/mol. The summed E-state index contributed by atoms with van der Waals surface area (Å²) < 4.78 is 19.2. The van der Waals surface area contributed by atoms with E-state index in [1.165, 1.54) is 30.8 Å². The summed E-state index contributed by atoms with van der Waals surface area (Å²) in [6.07, 6.45) is 4.12. The molecule has 0 radical (unpaired) electrons. The van der Waals surface area contributed by atoms with Crippen molar-refractivity contribution in [2.24, 2.45) is 0 Å². The van der Waals surface area contributed by atoms with Crippen molar-refractivity contribution < 1.29 is 13.6 Å². The van der Waals surface area contributed by atoms with Crippen molar-refractivity contribution in [1.29, 1.82) is 0 Å². The fraction of sp³-hybridized carbons (Fsp3) is 0.133. The number of hydrogen-bond acceptors (Lipinski definition) is 7. The molecule has 3 N–H and O–H groups in total. The Morgan fingerprint density at radius 3 is 2.84 bits per heavy atom. The van der Waals surface area contributed by atoms with Crippen LogP contribution in [0.5, 0.6) is 0 Å². The molecule has 128 valence electrons. The molecule has 3 aromatic heterocycles. The molecular formula is C15H12BrFN6O2. The summed E-state index contributed by atoms with van der Waals surface area (Å²) in [6, 6.07) is 2.71. The number of oxazole rings is 1. The summed E-state index contributed by atoms with van der Waals surface area (Å²) >= 11 is 3.36. The van der Waals surface area contributed by atoms with E-state index in [-0.39, 0.29) is 30.5 Å². The Labute approximate surface area is 149 Å². The zero-order chi connectivity index (χ0) is 17.8. The number of carbonyl (C=O) groups excluding carboxylic acids is 1. The van der Waals surface area contributed by atoms with Gasteiger partial charge in [0.25, 0.3) is 0 Å². The van der Waals surface area contributed by atoms with Gasteiger partial charge in [-0.2, -0.15) is 0 Å². The molecule has 8 nitrogen and oxygen atoms in total. The summed E-state index contributed by atoms with van der Waals surface area (Å²) in [7, 11) is 0. The average Bonchev–Trinajstić information content (AvgIpc) is 3.12. The largest absolute Gasteiger partial charge is 0.443 e. The number of anilines is 1. The molecule has 25 heavy (non-hydrogen) atoms. The van der Waals surface area contributed by atoms with E-state index in [0.29, 0.717) is 15.9 Å². The van der Waals surface area contributed by atoms with E-state index in [4.69, 9.17) is 10.2 Å². The zero-order valence-corrected chi connectivity index (χ0v) is 14.3. The Morgan fingerprint density at radius 2 is 2.12 bits per heavy atom. The third kappa shape index (κ3) is 3.97. The molecule has 0 aliphatic heterocycles. The van der Waals surface area contributed by atoms with Gasteiger partial charge in [-0.1, -0.05) is 0 Å². The van der Waals surface area contributed by atoms with E-state index in [0.717, 1.165) is 0 Å². The summed E-state index contributed by atoms with van der Waals surface area (Å²) in [5.41, 5.74) is 6.58. The molecule has 3 aromatic rings. The number of hydrogen-bond donors (Lipinski definition) is 2. The van der Waals surface area contributed by atoms with Crippen LogP contribution in [0.3, 0.4) is 0 Å². The summed E-state index contributed by atoms with van der Waals surface area (Å²) in [5, 5.41) is 2.64. The number of nitrogens with zero attached hydrogens (tertiary/aromatic N) is 4. The fourth-order valence-corrected chi connectivity index (χ4v) is 2.54. The average molecular weight is 407 g/mol. The van der Waals surface area contributed by atoms with E-state index in [9.17, 15) is 9.18 Å². The second-order valence-corrected chi connectivity index (χ2v) is 5.71. The minimum Gasteiger partial charge on any atom is -0.443 e. The molecule has 1 amide bonds. The number of nitrogens with one attached hydrogen (secondary N) is 1. The van der Waals surface area contributed by atoms with Gasteiger partial charge in [0, 0.05) is 6.20 Å². The van der Waals surface area contributed by atoms with Crippen LogP contribution in [-0.2, 0) is 17.8 Å². The Balaban J connectivity index is 1.73. The number of halogens is 2. The molecule has 0 aliphatic rings. The Morgan fingerprint density at radius 1 is 1.28 bits per heavy atom. The van der Waals surface area contributed by atoms with Crippen molar-refractivity contribution in [3.8, 4) is 11.6 Å². The van der Waals surface area contributed by atoms with Gasteiger partial charge in [0.05, 0.1) is 35.0 Å². The lowest BCUT2D eigenvalue weighted by Gasteiger charge is -2.09. The van der Waals surface area contributed by atoms with Gasteiger partial charge in [-0.25, -0.2) is 19.3 Å². The van der Waals surface area contributed by atoms with Crippen LogP contribution in [0.1, 0.15) is 11.4 Å². The monoisotopic (exact) mass is 406 g/mol. The standard InChI is InChI=1S/C15H12BrFN6O2/c16-12-10(22-15(18)23-13(12)14-20-4-5-25-14)7-21-11(24)6-9-8(17)2-1-3-19-9/h1-5H,6-7H2,(H,21,24)(H2,18,22,23). The van der Waals surface area contributed by atoms with E-state index < -0.39 is 11.7 Å². The van der Waals surface area contributed by atoms with Gasteiger partial charge in [-0.15, -0.1) is 0 Å². The number of amides is 1. The van der Waals surface area contributed by atoms with Gasteiger partial charge in [0.1, 0.15) is 17.8 Å². The Hall–Kier alpha value is -2.88. The lowest BCUT2D eigenvalue weighted by molar-refractivity contribution is -0.120. The summed E-state index contributed by atoms with van der Waals surface area (Å²) in [5.74, 6) is -0.656. The quantitative estimate of drug-likeness (QED) is 0.663. The third-order valence-corrected chi connectivity index (χ3v) is 4.02. The highest BCUT2D eigenvalue weighted by atomic mass is 79.9. The van der Waals surface area contributed by atoms with Crippen LogP contribution in [0.25, 0.3) is 11.6 Å². The van der Waals surface area contributed by atoms with E-state index in [1.54, 1.807) is 0 Å². The first-order valence-corrected chi connectivity index (χ1v) is 7.91. The molecule has 0 aliphatic carbocycles. The first-order valence-electron chi connectivity index (χ1n) is 7.12. The van der Waals surface area contributed by atoms with Crippen LogP contribution < -0.4 is 11.1 Å². The number of rotatable bonds is 5. The lowest BCUT2D eigenvalue weighted by Crippen LogP contribution is -2.26. The predicted octanol–water partition coefficient (Wildman–Crippen LogP) is 1.87. The van der Waals surface area contributed by atoms with Crippen LogP contribution in [0, 0.1) is 5.82 Å². The number of carbonyl (C=O) groups is 1. The maximum atomic E-state index is 13.5. The molecule has 0 atom stereocenters. The molecule has 3 heterocycles. The Kier molecular flexibility index (Phi) is 4.98. The highest BCUT2D eigenvalue weighted by molar-refractivity contribution is 9.10. The van der Waals surface area contributed by atoms with Gasteiger partial charge in [-0.3, -0.25) is 9.78 Å². The molecule has 0 fully saturated rings. The van der Waals surface area contributed by atoms with Crippen molar-refractivity contribution in [1.82, 2.24) is 25.3 Å². The topological polar surface area (TPSA) is 120 Å².